The Morgan fingerprint density at radius 1 is 1.34 bits per heavy atom. The third-order valence-electron chi connectivity index (χ3n) is 5.52. The molecule has 0 bridgehead atoms. The molecule has 4 rings (SSSR count). The van der Waals surface area contributed by atoms with Crippen LogP contribution < -0.4 is 5.32 Å². The Bertz CT molecular complexity index is 1090. The number of carbonyl (C=O) groups is 1. The van der Waals surface area contributed by atoms with Crippen molar-refractivity contribution < 1.29 is 9.53 Å². The molecular formula is C23H27N5O2S2. The predicted octanol–water partition coefficient (Wildman–Crippen LogP) is 4.45. The summed E-state index contributed by atoms with van der Waals surface area (Å²) in [5, 5.41) is 7.14. The van der Waals surface area contributed by atoms with E-state index in [9.17, 15) is 4.79 Å². The number of likely N-dealkylation sites (tertiary alicyclic amines) is 1. The Balaban J connectivity index is 1.33. The van der Waals surface area contributed by atoms with Crippen LogP contribution in [0.15, 0.2) is 42.0 Å². The Labute approximate surface area is 197 Å². The van der Waals surface area contributed by atoms with Crippen LogP contribution in [0, 0.1) is 6.92 Å². The van der Waals surface area contributed by atoms with Crippen LogP contribution in [0.4, 0.5) is 5.69 Å². The molecule has 9 heteroatoms. The molecule has 1 fully saturated rings. The van der Waals surface area contributed by atoms with Gasteiger partial charge in [-0.15, -0.1) is 11.3 Å². The first kappa shape index (κ1) is 22.4. The number of esters is 1. The van der Waals surface area contributed by atoms with Crippen molar-refractivity contribution in [2.24, 2.45) is 0 Å². The first-order valence-corrected chi connectivity index (χ1v) is 12.1. The van der Waals surface area contributed by atoms with Gasteiger partial charge in [0.15, 0.2) is 5.11 Å². The van der Waals surface area contributed by atoms with Crippen LogP contribution in [0.2, 0.25) is 0 Å². The Hall–Kier alpha value is -2.78. The van der Waals surface area contributed by atoms with Crippen LogP contribution in [-0.2, 0) is 11.3 Å². The smallest absolute Gasteiger partial charge is 0.338 e. The summed E-state index contributed by atoms with van der Waals surface area (Å²) in [6, 6.07) is 7.24. The summed E-state index contributed by atoms with van der Waals surface area (Å²) >= 11 is 7.32. The fourth-order valence-electron chi connectivity index (χ4n) is 3.95. The number of carbonyl (C=O) groups excluding carboxylic acids is 1. The first-order valence-electron chi connectivity index (χ1n) is 10.8. The van der Waals surface area contributed by atoms with Crippen LogP contribution in [0.3, 0.4) is 0 Å². The fourth-order valence-corrected chi connectivity index (χ4v) is 4.86. The standard InChI is InChI=1S/C23H27N5O2S2/c1-3-30-22(29)18-5-4-6-19(13-18)26-23(31)27-10-7-17(8-11-27)21-24-9-12-28(21)14-20-15-32-16(2)25-20/h4-6,9,12-13,15,17H,3,7-8,10-11,14H2,1-2H3,(H,26,31). The number of imidazole rings is 1. The molecule has 3 aromatic rings. The number of thiocarbonyl (C=S) groups is 1. The van der Waals surface area contributed by atoms with Crippen LogP contribution >= 0.6 is 23.6 Å². The second kappa shape index (κ2) is 10.2. The van der Waals surface area contributed by atoms with E-state index in [0.717, 1.165) is 54.7 Å². The lowest BCUT2D eigenvalue weighted by atomic mass is 9.96. The van der Waals surface area contributed by atoms with E-state index in [1.165, 1.54) is 0 Å². The van der Waals surface area contributed by atoms with Gasteiger partial charge in [-0.3, -0.25) is 0 Å². The molecule has 1 N–H and O–H groups in total. The minimum Gasteiger partial charge on any atom is -0.462 e. The summed E-state index contributed by atoms with van der Waals surface area (Å²) in [6.45, 7) is 6.66. The van der Waals surface area contributed by atoms with E-state index in [0.29, 0.717) is 23.2 Å². The molecule has 0 radical (unpaired) electrons. The van der Waals surface area contributed by atoms with Crippen molar-refractivity contribution in [3.8, 4) is 0 Å². The molecule has 0 saturated carbocycles. The van der Waals surface area contributed by atoms with E-state index >= 15 is 0 Å². The van der Waals surface area contributed by atoms with E-state index in [2.05, 4.69) is 30.1 Å². The third-order valence-corrected chi connectivity index (χ3v) is 6.70. The van der Waals surface area contributed by atoms with E-state index in [1.807, 2.05) is 31.5 Å². The van der Waals surface area contributed by atoms with E-state index < -0.39 is 0 Å². The number of nitrogens with zero attached hydrogens (tertiary/aromatic N) is 4. The third kappa shape index (κ3) is 5.34. The monoisotopic (exact) mass is 469 g/mol. The molecule has 3 heterocycles. The van der Waals surface area contributed by atoms with Gasteiger partial charge < -0.3 is 19.5 Å². The molecular weight excluding hydrogens is 442 g/mol. The number of benzene rings is 1. The number of nitrogens with one attached hydrogen (secondary N) is 1. The van der Waals surface area contributed by atoms with Crippen molar-refractivity contribution in [3.63, 3.8) is 0 Å². The minimum absolute atomic E-state index is 0.328. The number of aryl methyl sites for hydroxylation is 1. The second-order valence-electron chi connectivity index (χ2n) is 7.76. The van der Waals surface area contributed by atoms with Crippen LogP contribution in [0.25, 0.3) is 0 Å². The molecule has 1 saturated heterocycles. The number of thiazole rings is 1. The Morgan fingerprint density at radius 2 is 2.16 bits per heavy atom. The zero-order valence-corrected chi connectivity index (χ0v) is 19.9. The van der Waals surface area contributed by atoms with Gasteiger partial charge in [-0.25, -0.2) is 14.8 Å². The van der Waals surface area contributed by atoms with Gasteiger partial charge in [-0.1, -0.05) is 6.07 Å². The maximum Gasteiger partial charge on any atom is 0.338 e. The van der Waals surface area contributed by atoms with Crippen LogP contribution in [-0.4, -0.2) is 50.2 Å². The van der Waals surface area contributed by atoms with Gasteiger partial charge in [0.1, 0.15) is 5.82 Å². The van der Waals surface area contributed by atoms with Crippen molar-refractivity contribution in [2.45, 2.75) is 39.2 Å². The lowest BCUT2D eigenvalue weighted by Crippen LogP contribution is -2.40. The van der Waals surface area contributed by atoms with Gasteiger partial charge in [0.25, 0.3) is 0 Å². The molecule has 0 aliphatic carbocycles. The molecule has 0 atom stereocenters. The maximum absolute atomic E-state index is 12.0. The average Bonchev–Trinajstić information content (AvgIpc) is 3.43. The predicted molar refractivity (Wildman–Crippen MR) is 130 cm³/mol. The van der Waals surface area contributed by atoms with Crippen molar-refractivity contribution >= 4 is 40.3 Å². The highest BCUT2D eigenvalue weighted by molar-refractivity contribution is 7.80. The zero-order chi connectivity index (χ0) is 22.5. The quantitative estimate of drug-likeness (QED) is 0.422. The number of hydrogen-bond acceptors (Lipinski definition) is 6. The highest BCUT2D eigenvalue weighted by atomic mass is 32.1. The van der Waals surface area contributed by atoms with Gasteiger partial charge in [0.2, 0.25) is 0 Å². The maximum atomic E-state index is 12.0. The molecule has 168 valence electrons. The first-order chi connectivity index (χ1) is 15.5. The largest absolute Gasteiger partial charge is 0.462 e. The molecule has 1 aliphatic heterocycles. The van der Waals surface area contributed by atoms with Gasteiger partial charge in [0, 0.05) is 42.5 Å². The van der Waals surface area contributed by atoms with Crippen molar-refractivity contribution in [1.82, 2.24) is 19.4 Å². The number of aromatic nitrogens is 3. The molecule has 7 nitrogen and oxygen atoms in total. The molecule has 2 aromatic heterocycles. The SMILES string of the molecule is CCOC(=O)c1cccc(NC(=S)N2CCC(c3nccn3Cc3csc(C)n3)CC2)c1. The minimum atomic E-state index is -0.328. The molecule has 0 spiro atoms. The van der Waals surface area contributed by atoms with Gasteiger partial charge in [-0.05, 0) is 57.1 Å². The lowest BCUT2D eigenvalue weighted by molar-refractivity contribution is 0.0526. The second-order valence-corrected chi connectivity index (χ2v) is 9.21. The van der Waals surface area contributed by atoms with Gasteiger partial charge in [0.05, 0.1) is 29.4 Å². The molecule has 32 heavy (non-hydrogen) atoms. The normalized spacial score (nSPS) is 14.4. The average molecular weight is 470 g/mol. The molecule has 0 unspecified atom stereocenters. The summed E-state index contributed by atoms with van der Waals surface area (Å²) in [5.74, 6) is 1.19. The summed E-state index contributed by atoms with van der Waals surface area (Å²) < 4.78 is 7.29. The number of rotatable bonds is 6. The van der Waals surface area contributed by atoms with E-state index in [4.69, 9.17) is 17.0 Å². The van der Waals surface area contributed by atoms with Gasteiger partial charge in [-0.2, -0.15) is 0 Å². The highest BCUT2D eigenvalue weighted by Gasteiger charge is 2.25. The molecule has 1 aliphatic rings. The van der Waals surface area contributed by atoms with Crippen LogP contribution in [0.1, 0.15) is 52.6 Å². The summed E-state index contributed by atoms with van der Waals surface area (Å²) in [7, 11) is 0. The Kier molecular flexibility index (Phi) is 7.16. The van der Waals surface area contributed by atoms with E-state index in [-0.39, 0.29) is 5.97 Å². The Morgan fingerprint density at radius 3 is 2.88 bits per heavy atom. The number of anilines is 1. The number of piperidine rings is 1. The highest BCUT2D eigenvalue weighted by Crippen LogP contribution is 2.28. The molecule has 0 amide bonds. The van der Waals surface area contributed by atoms with Crippen molar-refractivity contribution in [1.29, 1.82) is 0 Å². The topological polar surface area (TPSA) is 72.3 Å². The zero-order valence-electron chi connectivity index (χ0n) is 18.3. The fraction of sp³-hybridized carbons (Fsp3) is 0.391. The van der Waals surface area contributed by atoms with Crippen molar-refractivity contribution in [3.05, 3.63) is 64.1 Å². The summed E-state index contributed by atoms with van der Waals surface area (Å²) in [6.07, 6.45) is 5.89. The van der Waals surface area contributed by atoms with E-state index in [1.54, 1.807) is 30.4 Å². The number of ether oxygens (including phenoxy) is 1. The summed E-state index contributed by atoms with van der Waals surface area (Å²) in [4.78, 5) is 23.4. The van der Waals surface area contributed by atoms with Gasteiger partial charge >= 0.3 is 5.97 Å². The lowest BCUT2D eigenvalue weighted by Gasteiger charge is -2.33. The molecule has 1 aromatic carbocycles. The van der Waals surface area contributed by atoms with Crippen molar-refractivity contribution in [2.75, 3.05) is 25.0 Å². The number of hydrogen-bond donors (Lipinski definition) is 1. The van der Waals surface area contributed by atoms with Crippen LogP contribution in [0.5, 0.6) is 0 Å². The summed E-state index contributed by atoms with van der Waals surface area (Å²) in [5.41, 5.74) is 2.39.